The van der Waals surface area contributed by atoms with Gasteiger partial charge >= 0.3 is 5.97 Å². The van der Waals surface area contributed by atoms with Crippen molar-refractivity contribution in [2.45, 2.75) is 50.7 Å². The van der Waals surface area contributed by atoms with Crippen molar-refractivity contribution in [3.63, 3.8) is 0 Å². The van der Waals surface area contributed by atoms with E-state index in [9.17, 15) is 9.59 Å². The van der Waals surface area contributed by atoms with Crippen LogP contribution < -0.4 is 10.1 Å². The molecule has 35 heavy (non-hydrogen) atoms. The second-order valence-corrected chi connectivity index (χ2v) is 10.5. The summed E-state index contributed by atoms with van der Waals surface area (Å²) in [5.74, 6) is 0.749. The molecule has 2 heterocycles. The lowest BCUT2D eigenvalue weighted by Gasteiger charge is -2.11. The molecule has 0 unspecified atom stereocenters. The van der Waals surface area contributed by atoms with E-state index >= 15 is 0 Å². The summed E-state index contributed by atoms with van der Waals surface area (Å²) in [6.45, 7) is 2.58. The van der Waals surface area contributed by atoms with Crippen LogP contribution in [0.4, 0.5) is 5.00 Å². The molecule has 3 aromatic rings. The number of halogens is 1. The number of benzene rings is 1. The summed E-state index contributed by atoms with van der Waals surface area (Å²) in [7, 11) is 2.96. The molecule has 186 valence electrons. The molecule has 0 atom stereocenters. The number of hydrogen-bond donors (Lipinski definition) is 1. The first-order chi connectivity index (χ1) is 17.0. The number of nitrogens with one attached hydrogen (secondary N) is 1. The van der Waals surface area contributed by atoms with E-state index < -0.39 is 5.97 Å². The number of amides is 1. The molecular weight excluding hydrogens is 508 g/mol. The molecule has 0 fully saturated rings. The molecule has 11 heteroatoms. The van der Waals surface area contributed by atoms with E-state index in [1.165, 1.54) is 30.2 Å². The second kappa shape index (κ2) is 11.5. The Kier molecular flexibility index (Phi) is 8.35. The monoisotopic (exact) mass is 534 g/mol. The zero-order chi connectivity index (χ0) is 24.9. The van der Waals surface area contributed by atoms with Crippen molar-refractivity contribution in [1.29, 1.82) is 0 Å². The Labute approximate surface area is 217 Å². The van der Waals surface area contributed by atoms with Gasteiger partial charge in [0.1, 0.15) is 10.8 Å². The van der Waals surface area contributed by atoms with Gasteiger partial charge in [0, 0.05) is 16.4 Å². The highest BCUT2D eigenvalue weighted by Gasteiger charge is 2.26. The van der Waals surface area contributed by atoms with Gasteiger partial charge in [0.2, 0.25) is 5.91 Å². The lowest BCUT2D eigenvalue weighted by molar-refractivity contribution is -0.113. The molecule has 1 N–H and O–H groups in total. The molecule has 0 aliphatic heterocycles. The fourth-order valence-corrected chi connectivity index (χ4v) is 6.44. The minimum Gasteiger partial charge on any atom is -0.496 e. The van der Waals surface area contributed by atoms with Crippen LogP contribution in [0.3, 0.4) is 0 Å². The maximum atomic E-state index is 12.9. The molecule has 0 spiro atoms. The Hall–Kier alpha value is -2.56. The Bertz CT molecular complexity index is 1240. The smallest absolute Gasteiger partial charge is 0.341 e. The Morgan fingerprint density at radius 2 is 2.00 bits per heavy atom. The van der Waals surface area contributed by atoms with Crippen molar-refractivity contribution in [2.75, 3.05) is 25.3 Å². The van der Waals surface area contributed by atoms with E-state index in [0.29, 0.717) is 38.9 Å². The number of aryl methyl sites for hydroxylation is 1. The van der Waals surface area contributed by atoms with Gasteiger partial charge in [0.15, 0.2) is 11.0 Å². The minimum absolute atomic E-state index is 0.119. The van der Waals surface area contributed by atoms with Crippen LogP contribution >= 0.6 is 34.7 Å². The lowest BCUT2D eigenvalue weighted by atomic mass is 10.1. The van der Waals surface area contributed by atoms with Crippen LogP contribution in [0.5, 0.6) is 5.75 Å². The first-order valence-corrected chi connectivity index (χ1v) is 13.6. The van der Waals surface area contributed by atoms with Gasteiger partial charge < -0.3 is 19.4 Å². The van der Waals surface area contributed by atoms with Crippen molar-refractivity contribution in [3.8, 4) is 17.1 Å². The van der Waals surface area contributed by atoms with Crippen molar-refractivity contribution >= 4 is 51.6 Å². The SMILES string of the molecule is CCn1c(SCC(=O)Nc2sc3c(c2C(=O)OC)CCCCC3)nnc1-c1cc(Cl)ccc1OC. The standard InChI is InChI=1S/C24H27ClN4O4S2/c1-4-29-21(16-12-14(25)10-11-17(16)32-2)27-28-24(29)34-13-19(30)26-22-20(23(31)33-3)15-8-6-5-7-9-18(15)35-22/h10-12H,4-9,13H2,1-3H3,(H,26,30). The summed E-state index contributed by atoms with van der Waals surface area (Å²) in [4.78, 5) is 26.6. The Balaban J connectivity index is 1.52. The molecule has 4 rings (SSSR count). The summed E-state index contributed by atoms with van der Waals surface area (Å²) in [6.07, 6.45) is 5.01. The molecule has 8 nitrogen and oxygen atoms in total. The number of carbonyl (C=O) groups excluding carboxylic acids is 2. The van der Waals surface area contributed by atoms with Gasteiger partial charge in [-0.3, -0.25) is 4.79 Å². The summed E-state index contributed by atoms with van der Waals surface area (Å²) >= 11 is 8.96. The highest BCUT2D eigenvalue weighted by Crippen LogP contribution is 2.38. The number of fused-ring (bicyclic) bond motifs is 1. The van der Waals surface area contributed by atoms with E-state index in [2.05, 4.69) is 15.5 Å². The molecular formula is C24H27ClN4O4S2. The van der Waals surface area contributed by atoms with Gasteiger partial charge in [-0.2, -0.15) is 0 Å². The number of rotatable bonds is 8. The largest absolute Gasteiger partial charge is 0.496 e. The third kappa shape index (κ3) is 5.49. The quantitative estimate of drug-likeness (QED) is 0.232. The minimum atomic E-state index is -0.404. The van der Waals surface area contributed by atoms with Crippen molar-refractivity contribution in [1.82, 2.24) is 14.8 Å². The van der Waals surface area contributed by atoms with Crippen LogP contribution in [0.15, 0.2) is 23.4 Å². The number of methoxy groups -OCH3 is 2. The maximum absolute atomic E-state index is 12.9. The predicted octanol–water partition coefficient (Wildman–Crippen LogP) is 5.47. The normalized spacial score (nSPS) is 13.1. The highest BCUT2D eigenvalue weighted by atomic mass is 35.5. The summed E-state index contributed by atoms with van der Waals surface area (Å²) < 4.78 is 12.4. The van der Waals surface area contributed by atoms with Gasteiger partial charge in [0.25, 0.3) is 0 Å². The van der Waals surface area contributed by atoms with Crippen molar-refractivity contribution in [2.24, 2.45) is 0 Å². The predicted molar refractivity (Wildman–Crippen MR) is 139 cm³/mol. The zero-order valence-electron chi connectivity index (χ0n) is 19.9. The number of anilines is 1. The van der Waals surface area contributed by atoms with Crippen molar-refractivity contribution in [3.05, 3.63) is 39.2 Å². The van der Waals surface area contributed by atoms with Gasteiger partial charge in [-0.05, 0) is 56.4 Å². The molecule has 1 amide bonds. The average molecular weight is 535 g/mol. The number of thiophene rings is 1. The van der Waals surface area contributed by atoms with E-state index in [1.54, 1.807) is 25.3 Å². The van der Waals surface area contributed by atoms with Crippen LogP contribution in [0.25, 0.3) is 11.4 Å². The van der Waals surface area contributed by atoms with E-state index in [4.69, 9.17) is 21.1 Å². The molecule has 0 saturated heterocycles. The number of esters is 1. The molecule has 0 saturated carbocycles. The van der Waals surface area contributed by atoms with Crippen molar-refractivity contribution < 1.29 is 19.1 Å². The molecule has 0 bridgehead atoms. The topological polar surface area (TPSA) is 95.3 Å². The fourth-order valence-electron chi connectivity index (χ4n) is 4.18. The van der Waals surface area contributed by atoms with Crippen LogP contribution in [0.1, 0.15) is 47.0 Å². The Morgan fingerprint density at radius 3 is 2.74 bits per heavy atom. The highest BCUT2D eigenvalue weighted by molar-refractivity contribution is 7.99. The second-order valence-electron chi connectivity index (χ2n) is 7.99. The number of hydrogen-bond acceptors (Lipinski definition) is 8. The van der Waals surface area contributed by atoms with Gasteiger partial charge in [-0.25, -0.2) is 4.79 Å². The number of nitrogens with zero attached hydrogens (tertiary/aromatic N) is 3. The van der Waals surface area contributed by atoms with Crippen LogP contribution in [0, 0.1) is 0 Å². The number of carbonyl (C=O) groups is 2. The zero-order valence-corrected chi connectivity index (χ0v) is 22.2. The van der Waals surface area contributed by atoms with Gasteiger partial charge in [0.05, 0.1) is 31.1 Å². The first kappa shape index (κ1) is 25.5. The number of thioether (sulfide) groups is 1. The van der Waals surface area contributed by atoms with Gasteiger partial charge in [-0.1, -0.05) is 29.8 Å². The summed E-state index contributed by atoms with van der Waals surface area (Å²) in [5, 5.41) is 13.3. The van der Waals surface area contributed by atoms with Crippen LogP contribution in [-0.2, 0) is 28.9 Å². The Morgan fingerprint density at radius 1 is 1.20 bits per heavy atom. The third-order valence-electron chi connectivity index (χ3n) is 5.83. The molecule has 1 aromatic carbocycles. The summed E-state index contributed by atoms with van der Waals surface area (Å²) in [5.41, 5.74) is 2.25. The van der Waals surface area contributed by atoms with E-state index in [-0.39, 0.29) is 11.7 Å². The van der Waals surface area contributed by atoms with Crippen LogP contribution in [-0.4, -0.2) is 46.6 Å². The molecule has 2 aromatic heterocycles. The molecule has 0 radical (unpaired) electrons. The van der Waals surface area contributed by atoms with Gasteiger partial charge in [-0.15, -0.1) is 21.5 Å². The summed E-state index contributed by atoms with van der Waals surface area (Å²) in [6, 6.07) is 5.32. The molecule has 1 aliphatic carbocycles. The maximum Gasteiger partial charge on any atom is 0.341 e. The average Bonchev–Trinajstić information content (AvgIpc) is 3.34. The third-order valence-corrected chi connectivity index (χ3v) is 8.24. The molecule has 1 aliphatic rings. The van der Waals surface area contributed by atoms with Crippen LogP contribution in [0.2, 0.25) is 5.02 Å². The fraction of sp³-hybridized carbons (Fsp3) is 0.417. The first-order valence-electron chi connectivity index (χ1n) is 11.4. The lowest BCUT2D eigenvalue weighted by Crippen LogP contribution is -2.16. The van der Waals surface area contributed by atoms with E-state index in [1.807, 2.05) is 11.5 Å². The van der Waals surface area contributed by atoms with E-state index in [0.717, 1.165) is 48.1 Å². The number of ether oxygens (including phenoxy) is 2. The number of aromatic nitrogens is 3.